The molecule has 0 aliphatic rings. The van der Waals surface area contributed by atoms with Gasteiger partial charge >= 0.3 is 5.97 Å². The average molecular weight is 438 g/mol. The molecule has 0 aliphatic heterocycles. The Morgan fingerprint density at radius 1 is 1.07 bits per heavy atom. The Morgan fingerprint density at radius 2 is 1.83 bits per heavy atom. The quantitative estimate of drug-likeness (QED) is 0.281. The summed E-state index contributed by atoms with van der Waals surface area (Å²) in [6.07, 6.45) is 0. The third-order valence-electron chi connectivity index (χ3n) is 4.24. The maximum absolute atomic E-state index is 12.3. The first kappa shape index (κ1) is 20.3. The highest BCUT2D eigenvalue weighted by atomic mass is 32.2. The molecule has 4 aromatic rings. The zero-order valence-corrected chi connectivity index (χ0v) is 18.1. The van der Waals surface area contributed by atoms with Crippen molar-refractivity contribution in [1.29, 1.82) is 0 Å². The van der Waals surface area contributed by atoms with Crippen molar-refractivity contribution >= 4 is 29.1 Å². The van der Waals surface area contributed by atoms with Crippen molar-refractivity contribution < 1.29 is 14.1 Å². The van der Waals surface area contributed by atoms with Gasteiger partial charge in [0.15, 0.2) is 6.61 Å². The van der Waals surface area contributed by atoms with Crippen LogP contribution in [0.1, 0.15) is 32.4 Å². The lowest BCUT2D eigenvalue weighted by molar-refractivity contribution is 0.0459. The number of rotatable bonds is 7. The van der Waals surface area contributed by atoms with Crippen molar-refractivity contribution in [3.05, 3.63) is 81.6 Å². The SMILES string of the molecule is Cc1ccc(-c2nc(COC(=O)c3ccc(SCc4csc(C)n4)cc3)no2)cc1. The Bertz CT molecular complexity index is 1140. The summed E-state index contributed by atoms with van der Waals surface area (Å²) in [6.45, 7) is 3.96. The number of nitrogens with zero attached hydrogens (tertiary/aromatic N) is 3. The molecule has 8 heteroatoms. The number of benzene rings is 2. The molecule has 0 spiro atoms. The number of thioether (sulfide) groups is 1. The number of esters is 1. The van der Waals surface area contributed by atoms with Crippen molar-refractivity contribution in [2.45, 2.75) is 31.1 Å². The van der Waals surface area contributed by atoms with E-state index in [1.807, 2.05) is 50.2 Å². The standard InChI is InChI=1S/C22H19N3O3S2/c1-14-3-5-16(6-4-14)21-24-20(25-28-21)11-27-22(26)17-7-9-19(10-8-17)30-13-18-12-29-15(2)23-18/h3-10,12H,11,13H2,1-2H3. The zero-order valence-electron chi connectivity index (χ0n) is 16.5. The number of aromatic nitrogens is 3. The van der Waals surface area contributed by atoms with E-state index in [0.717, 1.165) is 32.5 Å². The van der Waals surface area contributed by atoms with Crippen LogP contribution in [0.3, 0.4) is 0 Å². The van der Waals surface area contributed by atoms with Gasteiger partial charge in [-0.1, -0.05) is 22.9 Å². The summed E-state index contributed by atoms with van der Waals surface area (Å²) in [5.41, 5.74) is 3.52. The molecule has 0 fully saturated rings. The Morgan fingerprint density at radius 3 is 2.53 bits per heavy atom. The normalized spacial score (nSPS) is 10.9. The Hall–Kier alpha value is -2.97. The van der Waals surface area contributed by atoms with Gasteiger partial charge in [0.25, 0.3) is 5.89 Å². The molecule has 2 heterocycles. The summed E-state index contributed by atoms with van der Waals surface area (Å²) in [4.78, 5) is 22.1. The van der Waals surface area contributed by atoms with Crippen molar-refractivity contribution in [2.75, 3.05) is 0 Å². The molecule has 4 rings (SSSR count). The molecule has 0 unspecified atom stereocenters. The van der Waals surface area contributed by atoms with Crippen LogP contribution in [0.4, 0.5) is 0 Å². The molecule has 0 amide bonds. The van der Waals surface area contributed by atoms with Crippen LogP contribution in [0, 0.1) is 13.8 Å². The topological polar surface area (TPSA) is 78.1 Å². The Kier molecular flexibility index (Phi) is 6.25. The van der Waals surface area contributed by atoms with Crippen LogP contribution in [-0.2, 0) is 17.1 Å². The van der Waals surface area contributed by atoms with Gasteiger partial charge in [-0.15, -0.1) is 23.1 Å². The molecule has 0 N–H and O–H groups in total. The predicted octanol–water partition coefficient (Wildman–Crippen LogP) is 5.46. The summed E-state index contributed by atoms with van der Waals surface area (Å²) in [7, 11) is 0. The monoisotopic (exact) mass is 437 g/mol. The Balaban J connectivity index is 1.30. The minimum Gasteiger partial charge on any atom is -0.454 e. The first-order chi connectivity index (χ1) is 14.6. The van der Waals surface area contributed by atoms with Crippen LogP contribution in [0.5, 0.6) is 0 Å². The fraction of sp³-hybridized carbons (Fsp3) is 0.182. The second kappa shape index (κ2) is 9.23. The maximum atomic E-state index is 12.3. The van der Waals surface area contributed by atoms with Crippen LogP contribution in [-0.4, -0.2) is 21.1 Å². The lowest BCUT2D eigenvalue weighted by Gasteiger charge is -2.04. The highest BCUT2D eigenvalue weighted by molar-refractivity contribution is 7.98. The van der Waals surface area contributed by atoms with E-state index < -0.39 is 5.97 Å². The van der Waals surface area contributed by atoms with Crippen LogP contribution in [0.25, 0.3) is 11.5 Å². The smallest absolute Gasteiger partial charge is 0.338 e. The second-order valence-corrected chi connectivity index (χ2v) is 8.74. The molecular weight excluding hydrogens is 418 g/mol. The highest BCUT2D eigenvalue weighted by Gasteiger charge is 2.12. The number of hydrogen-bond acceptors (Lipinski definition) is 8. The van der Waals surface area contributed by atoms with Crippen LogP contribution < -0.4 is 0 Å². The van der Waals surface area contributed by atoms with Gasteiger partial charge in [0, 0.05) is 21.6 Å². The Labute approximate surface area is 182 Å². The number of aryl methyl sites for hydroxylation is 2. The fourth-order valence-electron chi connectivity index (χ4n) is 2.66. The number of carbonyl (C=O) groups excluding carboxylic acids is 1. The van der Waals surface area contributed by atoms with Gasteiger partial charge in [0.1, 0.15) is 0 Å². The largest absolute Gasteiger partial charge is 0.454 e. The number of hydrogen-bond donors (Lipinski definition) is 0. The molecule has 6 nitrogen and oxygen atoms in total. The van der Waals surface area contributed by atoms with E-state index in [2.05, 4.69) is 20.5 Å². The molecular formula is C22H19N3O3S2. The van der Waals surface area contributed by atoms with Gasteiger partial charge in [-0.05, 0) is 50.2 Å². The van der Waals surface area contributed by atoms with Crippen LogP contribution in [0.15, 0.2) is 63.3 Å². The van der Waals surface area contributed by atoms with E-state index in [0.29, 0.717) is 17.3 Å². The van der Waals surface area contributed by atoms with E-state index in [1.165, 1.54) is 0 Å². The molecule has 0 saturated carbocycles. The van der Waals surface area contributed by atoms with Crippen molar-refractivity contribution in [2.24, 2.45) is 0 Å². The molecule has 0 saturated heterocycles. The molecule has 2 aromatic carbocycles. The lowest BCUT2D eigenvalue weighted by Crippen LogP contribution is -2.06. The van der Waals surface area contributed by atoms with Gasteiger partial charge in [-0.3, -0.25) is 0 Å². The third-order valence-corrected chi connectivity index (χ3v) is 6.11. The van der Waals surface area contributed by atoms with Crippen molar-refractivity contribution in [3.63, 3.8) is 0 Å². The third kappa shape index (κ3) is 5.14. The van der Waals surface area contributed by atoms with E-state index in [4.69, 9.17) is 9.26 Å². The molecule has 152 valence electrons. The maximum Gasteiger partial charge on any atom is 0.338 e. The van der Waals surface area contributed by atoms with Crippen LogP contribution >= 0.6 is 23.1 Å². The zero-order chi connectivity index (χ0) is 20.9. The number of thiazole rings is 1. The van der Waals surface area contributed by atoms with Gasteiger partial charge in [0.05, 0.1) is 16.3 Å². The van der Waals surface area contributed by atoms with Crippen molar-refractivity contribution in [1.82, 2.24) is 15.1 Å². The highest BCUT2D eigenvalue weighted by Crippen LogP contribution is 2.24. The van der Waals surface area contributed by atoms with E-state index >= 15 is 0 Å². The molecule has 2 aromatic heterocycles. The van der Waals surface area contributed by atoms with E-state index in [9.17, 15) is 4.79 Å². The fourth-order valence-corrected chi connectivity index (χ4v) is 4.17. The summed E-state index contributed by atoms with van der Waals surface area (Å²) >= 11 is 3.33. The lowest BCUT2D eigenvalue weighted by atomic mass is 10.1. The molecule has 0 atom stereocenters. The van der Waals surface area contributed by atoms with Gasteiger partial charge in [-0.25, -0.2) is 9.78 Å². The molecule has 0 bridgehead atoms. The summed E-state index contributed by atoms with van der Waals surface area (Å²) < 4.78 is 10.6. The van der Waals surface area contributed by atoms with Gasteiger partial charge in [0.2, 0.25) is 5.82 Å². The van der Waals surface area contributed by atoms with Crippen LogP contribution in [0.2, 0.25) is 0 Å². The summed E-state index contributed by atoms with van der Waals surface area (Å²) in [5, 5.41) is 7.01. The average Bonchev–Trinajstić information content (AvgIpc) is 3.40. The van der Waals surface area contributed by atoms with Crippen molar-refractivity contribution in [3.8, 4) is 11.5 Å². The van der Waals surface area contributed by atoms with Gasteiger partial charge < -0.3 is 9.26 Å². The minimum atomic E-state index is -0.427. The predicted molar refractivity (Wildman–Crippen MR) is 116 cm³/mol. The van der Waals surface area contributed by atoms with E-state index in [-0.39, 0.29) is 6.61 Å². The van der Waals surface area contributed by atoms with E-state index in [1.54, 1.807) is 35.2 Å². The first-order valence-corrected chi connectivity index (χ1v) is 11.1. The second-order valence-electron chi connectivity index (χ2n) is 6.63. The molecule has 30 heavy (non-hydrogen) atoms. The first-order valence-electron chi connectivity index (χ1n) is 9.27. The number of ether oxygens (including phenoxy) is 1. The molecule has 0 radical (unpaired) electrons. The minimum absolute atomic E-state index is 0.0477. The summed E-state index contributed by atoms with van der Waals surface area (Å²) in [6, 6.07) is 15.1. The molecule has 0 aliphatic carbocycles. The number of carbonyl (C=O) groups is 1. The summed E-state index contributed by atoms with van der Waals surface area (Å²) in [5.74, 6) is 1.10. The van der Waals surface area contributed by atoms with Gasteiger partial charge in [-0.2, -0.15) is 4.98 Å².